The van der Waals surface area contributed by atoms with E-state index < -0.39 is 0 Å². The van der Waals surface area contributed by atoms with Gasteiger partial charge in [0.05, 0.1) is 5.76 Å². The predicted octanol–water partition coefficient (Wildman–Crippen LogP) is 6.22. The minimum atomic E-state index is 0.508. The zero-order chi connectivity index (χ0) is 19.5. The lowest BCUT2D eigenvalue weighted by atomic mass is 9.93. The molecule has 0 spiro atoms. The summed E-state index contributed by atoms with van der Waals surface area (Å²) in [6.07, 6.45) is 12.6. The van der Waals surface area contributed by atoms with E-state index in [9.17, 15) is 0 Å². The maximum Gasteiger partial charge on any atom is 0.109 e. The van der Waals surface area contributed by atoms with Crippen molar-refractivity contribution in [1.29, 1.82) is 0 Å². The number of nitrogens with zero attached hydrogens (tertiary/aromatic N) is 2. The second kappa shape index (κ2) is 12.2. The standard InChI is InChI=1S/C23H42N2O/c1-8-11-22-15-13-20(17-26-22)12-14-21(10-3)25(7)23(24-6)19(5)16-18(4)9-2/h11-12,18-19,21H,8-10,13-17H2,1-7H3/b20-12+,22-11+,24-23?/t18?,19-,21?/m1/s1. The lowest BCUT2D eigenvalue weighted by molar-refractivity contribution is 0.202. The third-order valence-electron chi connectivity index (χ3n) is 5.75. The maximum atomic E-state index is 5.88. The molecule has 150 valence electrons. The van der Waals surface area contributed by atoms with Crippen molar-refractivity contribution in [2.45, 2.75) is 85.6 Å². The van der Waals surface area contributed by atoms with E-state index in [-0.39, 0.29) is 0 Å². The summed E-state index contributed by atoms with van der Waals surface area (Å²) in [4.78, 5) is 7.09. The Morgan fingerprint density at radius 1 is 1.15 bits per heavy atom. The minimum absolute atomic E-state index is 0.508. The average Bonchev–Trinajstić information content (AvgIpc) is 2.64. The lowest BCUT2D eigenvalue weighted by Gasteiger charge is -2.33. The summed E-state index contributed by atoms with van der Waals surface area (Å²) < 4.78 is 5.88. The van der Waals surface area contributed by atoms with Crippen molar-refractivity contribution in [2.75, 3.05) is 20.7 Å². The van der Waals surface area contributed by atoms with Crippen LogP contribution in [0.3, 0.4) is 0 Å². The van der Waals surface area contributed by atoms with E-state index in [1.54, 1.807) is 0 Å². The highest BCUT2D eigenvalue weighted by atomic mass is 16.5. The summed E-state index contributed by atoms with van der Waals surface area (Å²) in [6, 6.07) is 0.508. The molecule has 1 aliphatic rings. The molecule has 2 unspecified atom stereocenters. The molecule has 1 fully saturated rings. The van der Waals surface area contributed by atoms with Gasteiger partial charge < -0.3 is 9.64 Å². The Morgan fingerprint density at radius 2 is 1.88 bits per heavy atom. The summed E-state index contributed by atoms with van der Waals surface area (Å²) in [5, 5.41) is 0. The third kappa shape index (κ3) is 7.17. The van der Waals surface area contributed by atoms with Crippen LogP contribution >= 0.6 is 0 Å². The molecule has 3 heteroatoms. The first kappa shape index (κ1) is 22.8. The third-order valence-corrected chi connectivity index (χ3v) is 5.75. The van der Waals surface area contributed by atoms with Gasteiger partial charge in [-0.3, -0.25) is 4.99 Å². The Bertz CT molecular complexity index is 480. The zero-order valence-corrected chi connectivity index (χ0v) is 18.3. The predicted molar refractivity (Wildman–Crippen MR) is 115 cm³/mol. The summed E-state index contributed by atoms with van der Waals surface area (Å²) in [5.74, 6) is 3.69. The SMILES string of the molecule is CC/C=C1\CC/C(=C\CC(CC)N(C)C(=NC)[C@H](C)CC(C)CC)CO1. The summed E-state index contributed by atoms with van der Waals surface area (Å²) in [5.41, 5.74) is 1.45. The smallest absolute Gasteiger partial charge is 0.109 e. The molecule has 0 aliphatic carbocycles. The highest BCUT2D eigenvalue weighted by Crippen LogP contribution is 2.24. The van der Waals surface area contributed by atoms with Gasteiger partial charge in [-0.1, -0.05) is 47.1 Å². The van der Waals surface area contributed by atoms with Crippen LogP contribution in [-0.4, -0.2) is 37.5 Å². The molecule has 1 saturated heterocycles. The van der Waals surface area contributed by atoms with Crippen molar-refractivity contribution in [3.8, 4) is 0 Å². The van der Waals surface area contributed by atoms with Gasteiger partial charge in [0.1, 0.15) is 12.4 Å². The van der Waals surface area contributed by atoms with Gasteiger partial charge >= 0.3 is 0 Å². The van der Waals surface area contributed by atoms with Gasteiger partial charge in [-0.2, -0.15) is 0 Å². The fourth-order valence-corrected chi connectivity index (χ4v) is 3.85. The molecule has 0 bridgehead atoms. The molecule has 26 heavy (non-hydrogen) atoms. The van der Waals surface area contributed by atoms with Crippen LogP contribution < -0.4 is 0 Å². The van der Waals surface area contributed by atoms with Crippen LogP contribution in [0.25, 0.3) is 0 Å². The second-order valence-electron chi connectivity index (χ2n) is 7.87. The van der Waals surface area contributed by atoms with Crippen molar-refractivity contribution in [3.05, 3.63) is 23.5 Å². The maximum absolute atomic E-state index is 5.88. The molecular formula is C23H42N2O. The van der Waals surface area contributed by atoms with Crippen LogP contribution in [-0.2, 0) is 4.74 Å². The summed E-state index contributed by atoms with van der Waals surface area (Å²) in [6.45, 7) is 12.2. The molecule has 1 aliphatic heterocycles. The number of hydrogen-bond acceptors (Lipinski definition) is 2. The van der Waals surface area contributed by atoms with Crippen molar-refractivity contribution in [2.24, 2.45) is 16.8 Å². The van der Waals surface area contributed by atoms with Gasteiger partial charge in [0.2, 0.25) is 0 Å². The Hall–Kier alpha value is -1.25. The largest absolute Gasteiger partial charge is 0.494 e. The van der Waals surface area contributed by atoms with E-state index in [2.05, 4.69) is 63.7 Å². The molecule has 1 rings (SSSR count). The van der Waals surface area contributed by atoms with Crippen molar-refractivity contribution in [3.63, 3.8) is 0 Å². The minimum Gasteiger partial charge on any atom is -0.494 e. The highest BCUT2D eigenvalue weighted by Gasteiger charge is 2.22. The average molecular weight is 363 g/mol. The number of allylic oxidation sites excluding steroid dienone is 2. The molecule has 3 nitrogen and oxygen atoms in total. The Balaban J connectivity index is 2.66. The first-order chi connectivity index (χ1) is 12.5. The van der Waals surface area contributed by atoms with Crippen molar-refractivity contribution >= 4 is 5.84 Å². The van der Waals surface area contributed by atoms with Gasteiger partial charge in [-0.25, -0.2) is 0 Å². The number of ether oxygens (including phenoxy) is 1. The highest BCUT2D eigenvalue weighted by molar-refractivity contribution is 5.84. The van der Waals surface area contributed by atoms with Crippen LogP contribution in [0.2, 0.25) is 0 Å². The van der Waals surface area contributed by atoms with Crippen molar-refractivity contribution in [1.82, 2.24) is 4.90 Å². The van der Waals surface area contributed by atoms with E-state index in [4.69, 9.17) is 4.74 Å². The molecular weight excluding hydrogens is 320 g/mol. The second-order valence-corrected chi connectivity index (χ2v) is 7.87. The molecule has 0 aromatic rings. The molecule has 0 aromatic carbocycles. The normalized spacial score (nSPS) is 22.2. The van der Waals surface area contributed by atoms with Crippen molar-refractivity contribution < 1.29 is 4.74 Å². The van der Waals surface area contributed by atoms with Gasteiger partial charge in [0.15, 0.2) is 0 Å². The fourth-order valence-electron chi connectivity index (χ4n) is 3.85. The Morgan fingerprint density at radius 3 is 2.38 bits per heavy atom. The van der Waals surface area contributed by atoms with Crippen LogP contribution in [0.1, 0.15) is 79.6 Å². The summed E-state index contributed by atoms with van der Waals surface area (Å²) >= 11 is 0. The summed E-state index contributed by atoms with van der Waals surface area (Å²) in [7, 11) is 4.17. The molecule has 0 aromatic heterocycles. The Labute approximate surface area is 162 Å². The van der Waals surface area contributed by atoms with Crippen LogP contribution in [0.5, 0.6) is 0 Å². The first-order valence-corrected chi connectivity index (χ1v) is 10.7. The van der Waals surface area contributed by atoms with Gasteiger partial charge in [-0.05, 0) is 49.7 Å². The van der Waals surface area contributed by atoms with E-state index in [0.29, 0.717) is 12.0 Å². The Kier molecular flexibility index (Phi) is 10.7. The first-order valence-electron chi connectivity index (χ1n) is 10.7. The van der Waals surface area contributed by atoms with Gasteiger partial charge in [0.25, 0.3) is 0 Å². The van der Waals surface area contributed by atoms with E-state index in [1.165, 1.54) is 30.0 Å². The van der Waals surface area contributed by atoms with Crippen LogP contribution in [0, 0.1) is 11.8 Å². The number of hydrogen-bond donors (Lipinski definition) is 0. The van der Waals surface area contributed by atoms with Gasteiger partial charge in [-0.15, -0.1) is 0 Å². The monoisotopic (exact) mass is 362 g/mol. The number of rotatable bonds is 9. The molecule has 0 radical (unpaired) electrons. The van der Waals surface area contributed by atoms with Gasteiger partial charge in [0, 0.05) is 32.5 Å². The van der Waals surface area contributed by atoms with E-state index in [1.807, 2.05) is 7.05 Å². The van der Waals surface area contributed by atoms with Crippen LogP contribution in [0.15, 0.2) is 28.5 Å². The molecule has 1 heterocycles. The molecule has 3 atom stereocenters. The molecule has 0 saturated carbocycles. The van der Waals surface area contributed by atoms with Crippen LogP contribution in [0.4, 0.5) is 0 Å². The fraction of sp³-hybridized carbons (Fsp3) is 0.783. The quantitative estimate of drug-likeness (QED) is 0.276. The number of amidine groups is 1. The van der Waals surface area contributed by atoms with E-state index in [0.717, 1.165) is 44.6 Å². The lowest BCUT2D eigenvalue weighted by Crippen LogP contribution is -2.40. The zero-order valence-electron chi connectivity index (χ0n) is 18.3. The topological polar surface area (TPSA) is 24.8 Å². The molecule has 0 amide bonds. The molecule has 0 N–H and O–H groups in total. The number of aliphatic imine (C=N–C) groups is 1. The van der Waals surface area contributed by atoms with E-state index >= 15 is 0 Å².